The minimum absolute atomic E-state index is 0.0633. The molecule has 1 aromatic carbocycles. The number of amides is 3. The number of fused-ring (bicyclic) bond motifs is 1. The summed E-state index contributed by atoms with van der Waals surface area (Å²) in [4.78, 5) is 40.8. The van der Waals surface area contributed by atoms with Crippen LogP contribution in [0.4, 0.5) is 5.69 Å². The number of hydrogen-bond acceptors (Lipinski definition) is 5. The van der Waals surface area contributed by atoms with E-state index in [1.54, 1.807) is 6.92 Å². The van der Waals surface area contributed by atoms with E-state index in [0.717, 1.165) is 31.4 Å². The number of rotatable bonds is 7. The molecule has 2 aliphatic heterocycles. The lowest BCUT2D eigenvalue weighted by molar-refractivity contribution is -0.130. The Labute approximate surface area is 184 Å². The number of carbonyl (C=O) groups is 3. The van der Waals surface area contributed by atoms with Gasteiger partial charge in [0.05, 0.1) is 18.8 Å². The Morgan fingerprint density at radius 1 is 1.13 bits per heavy atom. The maximum absolute atomic E-state index is 12.8. The number of nitrogens with one attached hydrogen (secondary N) is 2. The minimum Gasteiger partial charge on any atom is -0.477 e. The summed E-state index contributed by atoms with van der Waals surface area (Å²) in [7, 11) is 0. The molecule has 170 valence electrons. The Morgan fingerprint density at radius 2 is 1.81 bits per heavy atom. The van der Waals surface area contributed by atoms with Gasteiger partial charge in [-0.05, 0) is 37.8 Å². The van der Waals surface area contributed by atoms with Crippen LogP contribution in [0, 0.1) is 0 Å². The summed E-state index contributed by atoms with van der Waals surface area (Å²) < 4.78 is 5.96. The third kappa shape index (κ3) is 5.89. The molecule has 8 nitrogen and oxygen atoms in total. The van der Waals surface area contributed by atoms with Crippen LogP contribution in [0.3, 0.4) is 0 Å². The normalized spacial score (nSPS) is 18.9. The Morgan fingerprint density at radius 3 is 2.45 bits per heavy atom. The molecule has 2 heterocycles. The van der Waals surface area contributed by atoms with Gasteiger partial charge in [0.1, 0.15) is 5.75 Å². The Balaban J connectivity index is 1.62. The fraction of sp³-hybridized carbons (Fsp3) is 0.609. The van der Waals surface area contributed by atoms with Crippen LogP contribution in [0.15, 0.2) is 24.3 Å². The van der Waals surface area contributed by atoms with Gasteiger partial charge in [0, 0.05) is 32.1 Å². The maximum Gasteiger partial charge on any atom is 0.263 e. The molecule has 2 N–H and O–H groups in total. The zero-order valence-electron chi connectivity index (χ0n) is 18.7. The number of likely N-dealkylation sites (tertiary alicyclic amines) is 1. The molecule has 1 fully saturated rings. The highest BCUT2D eigenvalue weighted by atomic mass is 16.5. The molecular formula is C23H34N4O4. The van der Waals surface area contributed by atoms with Gasteiger partial charge in [0.15, 0.2) is 6.10 Å². The molecule has 3 amide bonds. The van der Waals surface area contributed by atoms with E-state index >= 15 is 0 Å². The van der Waals surface area contributed by atoms with Crippen LogP contribution in [0.2, 0.25) is 0 Å². The SMILES string of the molecule is CCC(CC)NC(=O)C1CN(CC(=O)NC2CCN(C(C)=O)CC2)c2ccccc2O1. The molecule has 31 heavy (non-hydrogen) atoms. The Bertz CT molecular complexity index is 788. The van der Waals surface area contributed by atoms with Gasteiger partial charge in [-0.3, -0.25) is 14.4 Å². The monoisotopic (exact) mass is 430 g/mol. The number of nitrogens with zero attached hydrogens (tertiary/aromatic N) is 2. The van der Waals surface area contributed by atoms with Crippen LogP contribution in [0.25, 0.3) is 0 Å². The van der Waals surface area contributed by atoms with Gasteiger partial charge >= 0.3 is 0 Å². The summed E-state index contributed by atoms with van der Waals surface area (Å²) in [5.41, 5.74) is 0.815. The molecular weight excluding hydrogens is 396 g/mol. The summed E-state index contributed by atoms with van der Waals surface area (Å²) in [6.45, 7) is 7.47. The summed E-state index contributed by atoms with van der Waals surface area (Å²) in [6, 6.07) is 7.67. The first-order valence-electron chi connectivity index (χ1n) is 11.3. The van der Waals surface area contributed by atoms with Crippen molar-refractivity contribution < 1.29 is 19.1 Å². The summed E-state index contributed by atoms with van der Waals surface area (Å²) in [6.07, 6.45) is 2.57. The topological polar surface area (TPSA) is 91.0 Å². The zero-order chi connectivity index (χ0) is 22.4. The average molecular weight is 431 g/mol. The summed E-state index contributed by atoms with van der Waals surface area (Å²) in [5.74, 6) is 0.454. The number of hydrogen-bond donors (Lipinski definition) is 2. The van der Waals surface area contributed by atoms with Crippen molar-refractivity contribution in [1.29, 1.82) is 0 Å². The third-order valence-corrected chi connectivity index (χ3v) is 6.13. The van der Waals surface area contributed by atoms with Gasteiger partial charge in [-0.15, -0.1) is 0 Å². The highest BCUT2D eigenvalue weighted by Crippen LogP contribution is 2.33. The molecule has 8 heteroatoms. The molecule has 1 aromatic rings. The number of piperidine rings is 1. The molecule has 0 bridgehead atoms. The highest BCUT2D eigenvalue weighted by Gasteiger charge is 2.32. The lowest BCUT2D eigenvalue weighted by Crippen LogP contribution is -2.54. The smallest absolute Gasteiger partial charge is 0.263 e. The Hall–Kier alpha value is -2.77. The van der Waals surface area contributed by atoms with Crippen molar-refractivity contribution in [3.8, 4) is 5.75 Å². The molecule has 0 saturated carbocycles. The predicted molar refractivity (Wildman–Crippen MR) is 119 cm³/mol. The molecule has 1 atom stereocenters. The zero-order valence-corrected chi connectivity index (χ0v) is 18.7. The van der Waals surface area contributed by atoms with E-state index in [-0.39, 0.29) is 36.3 Å². The van der Waals surface area contributed by atoms with Crippen molar-refractivity contribution in [2.45, 2.75) is 64.6 Å². The summed E-state index contributed by atoms with van der Waals surface area (Å²) >= 11 is 0. The van der Waals surface area contributed by atoms with Crippen LogP contribution in [0.5, 0.6) is 5.75 Å². The molecule has 0 aliphatic carbocycles. The molecule has 1 saturated heterocycles. The molecule has 2 aliphatic rings. The standard InChI is InChI=1S/C23H34N4O4/c1-4-17(5-2)25-23(30)21-14-27(19-8-6-7-9-20(19)31-21)15-22(29)24-18-10-12-26(13-11-18)16(3)28/h6-9,17-18,21H,4-5,10-15H2,1-3H3,(H,24,29)(H,25,30). The third-order valence-electron chi connectivity index (χ3n) is 6.13. The van der Waals surface area contributed by atoms with E-state index in [0.29, 0.717) is 25.4 Å². The van der Waals surface area contributed by atoms with E-state index in [4.69, 9.17) is 4.74 Å². The van der Waals surface area contributed by atoms with Crippen LogP contribution in [0.1, 0.15) is 46.5 Å². The van der Waals surface area contributed by atoms with E-state index in [9.17, 15) is 14.4 Å². The van der Waals surface area contributed by atoms with Crippen molar-refractivity contribution in [2.24, 2.45) is 0 Å². The van der Waals surface area contributed by atoms with Crippen molar-refractivity contribution in [1.82, 2.24) is 15.5 Å². The van der Waals surface area contributed by atoms with Gasteiger partial charge in [0.2, 0.25) is 11.8 Å². The van der Waals surface area contributed by atoms with Gasteiger partial charge in [-0.25, -0.2) is 0 Å². The Kier molecular flexibility index (Phi) is 7.76. The second-order valence-corrected chi connectivity index (χ2v) is 8.32. The molecule has 0 spiro atoms. The average Bonchev–Trinajstić information content (AvgIpc) is 2.77. The number of benzene rings is 1. The first-order chi connectivity index (χ1) is 14.9. The lowest BCUT2D eigenvalue weighted by Gasteiger charge is -2.36. The van der Waals surface area contributed by atoms with Crippen molar-refractivity contribution in [3.05, 3.63) is 24.3 Å². The molecule has 0 radical (unpaired) electrons. The fourth-order valence-electron chi connectivity index (χ4n) is 4.17. The molecule has 3 rings (SSSR count). The van der Waals surface area contributed by atoms with Gasteiger partial charge in [-0.1, -0.05) is 26.0 Å². The maximum atomic E-state index is 12.8. The van der Waals surface area contributed by atoms with E-state index in [1.165, 1.54) is 0 Å². The predicted octanol–water partition coefficient (Wildman–Crippen LogP) is 1.69. The van der Waals surface area contributed by atoms with E-state index in [1.807, 2.05) is 47.9 Å². The first kappa shape index (κ1) is 22.9. The van der Waals surface area contributed by atoms with Gasteiger partial charge < -0.3 is 25.2 Å². The largest absolute Gasteiger partial charge is 0.477 e. The van der Waals surface area contributed by atoms with E-state index in [2.05, 4.69) is 10.6 Å². The second kappa shape index (κ2) is 10.5. The molecule has 0 aromatic heterocycles. The number of anilines is 1. The van der Waals surface area contributed by atoms with Crippen LogP contribution >= 0.6 is 0 Å². The minimum atomic E-state index is -0.665. The highest BCUT2D eigenvalue weighted by molar-refractivity contribution is 5.86. The number of para-hydroxylation sites is 2. The van der Waals surface area contributed by atoms with Crippen molar-refractivity contribution in [2.75, 3.05) is 31.1 Å². The van der Waals surface area contributed by atoms with Crippen LogP contribution in [-0.4, -0.2) is 67.0 Å². The lowest BCUT2D eigenvalue weighted by atomic mass is 10.0. The number of ether oxygens (including phenoxy) is 1. The van der Waals surface area contributed by atoms with Crippen LogP contribution < -0.4 is 20.3 Å². The van der Waals surface area contributed by atoms with Crippen molar-refractivity contribution in [3.63, 3.8) is 0 Å². The second-order valence-electron chi connectivity index (χ2n) is 8.32. The first-order valence-corrected chi connectivity index (χ1v) is 11.3. The van der Waals surface area contributed by atoms with Gasteiger partial charge in [-0.2, -0.15) is 0 Å². The van der Waals surface area contributed by atoms with Crippen molar-refractivity contribution >= 4 is 23.4 Å². The number of carbonyl (C=O) groups excluding carboxylic acids is 3. The molecule has 1 unspecified atom stereocenters. The summed E-state index contributed by atoms with van der Waals surface area (Å²) in [5, 5.41) is 6.14. The quantitative estimate of drug-likeness (QED) is 0.687. The van der Waals surface area contributed by atoms with E-state index < -0.39 is 6.10 Å². The fourth-order valence-corrected chi connectivity index (χ4v) is 4.17. The van der Waals surface area contributed by atoms with Crippen LogP contribution in [-0.2, 0) is 14.4 Å². The van der Waals surface area contributed by atoms with Gasteiger partial charge in [0.25, 0.3) is 5.91 Å².